The third-order valence-electron chi connectivity index (χ3n) is 3.41. The van der Waals surface area contributed by atoms with E-state index in [1.807, 2.05) is 0 Å². The van der Waals surface area contributed by atoms with E-state index in [0.717, 1.165) is 26.1 Å². The highest BCUT2D eigenvalue weighted by molar-refractivity contribution is 5.79. The van der Waals surface area contributed by atoms with Crippen LogP contribution in [0.1, 0.15) is 33.1 Å². The molecule has 1 saturated heterocycles. The molecule has 4 heteroatoms. The minimum atomic E-state index is -0.251. The number of nitrogens with zero attached hydrogens (tertiary/aromatic N) is 1. The van der Waals surface area contributed by atoms with Gasteiger partial charge in [0.1, 0.15) is 0 Å². The first-order chi connectivity index (χ1) is 7.44. The number of rotatable bonds is 5. The standard InChI is InChI=1S/C12H25N3O/c1-12(2)6-4-7-15(9-12)8-5-10(14-3)11(13)16/h10,14H,4-9H2,1-3H3,(H2,13,16). The van der Waals surface area contributed by atoms with E-state index in [-0.39, 0.29) is 11.9 Å². The molecule has 4 nitrogen and oxygen atoms in total. The zero-order valence-electron chi connectivity index (χ0n) is 10.8. The molecule has 1 fully saturated rings. The number of carbonyl (C=O) groups is 1. The predicted octanol–water partition coefficient (Wildman–Crippen LogP) is 0.572. The van der Waals surface area contributed by atoms with Crippen LogP contribution in [0.5, 0.6) is 0 Å². The maximum Gasteiger partial charge on any atom is 0.234 e. The number of primary amides is 1. The van der Waals surface area contributed by atoms with Gasteiger partial charge in [-0.2, -0.15) is 0 Å². The number of amides is 1. The molecular weight excluding hydrogens is 202 g/mol. The Hall–Kier alpha value is -0.610. The fourth-order valence-corrected chi connectivity index (χ4v) is 2.48. The molecule has 1 rings (SSSR count). The molecule has 3 N–H and O–H groups in total. The van der Waals surface area contributed by atoms with Crippen LogP contribution < -0.4 is 11.1 Å². The lowest BCUT2D eigenvalue weighted by atomic mass is 9.84. The summed E-state index contributed by atoms with van der Waals surface area (Å²) in [4.78, 5) is 13.5. The molecule has 1 unspecified atom stereocenters. The summed E-state index contributed by atoms with van der Waals surface area (Å²) in [5.74, 6) is -0.251. The molecule has 1 heterocycles. The van der Waals surface area contributed by atoms with E-state index in [1.54, 1.807) is 7.05 Å². The van der Waals surface area contributed by atoms with E-state index in [4.69, 9.17) is 5.73 Å². The first kappa shape index (κ1) is 13.5. The number of nitrogens with two attached hydrogens (primary N) is 1. The summed E-state index contributed by atoms with van der Waals surface area (Å²) < 4.78 is 0. The summed E-state index contributed by atoms with van der Waals surface area (Å²) in [7, 11) is 1.79. The smallest absolute Gasteiger partial charge is 0.234 e. The maximum absolute atomic E-state index is 11.1. The molecule has 1 aliphatic rings. The van der Waals surface area contributed by atoms with Crippen molar-refractivity contribution in [3.63, 3.8) is 0 Å². The lowest BCUT2D eigenvalue weighted by Crippen LogP contribution is -2.45. The van der Waals surface area contributed by atoms with Gasteiger partial charge in [-0.25, -0.2) is 0 Å². The minimum Gasteiger partial charge on any atom is -0.368 e. The Kier molecular flexibility index (Phi) is 4.74. The molecule has 0 saturated carbocycles. The maximum atomic E-state index is 11.1. The Morgan fingerprint density at radius 1 is 1.56 bits per heavy atom. The van der Waals surface area contributed by atoms with E-state index < -0.39 is 0 Å². The fourth-order valence-electron chi connectivity index (χ4n) is 2.48. The van der Waals surface area contributed by atoms with Gasteiger partial charge >= 0.3 is 0 Å². The van der Waals surface area contributed by atoms with Crippen molar-refractivity contribution in [2.45, 2.75) is 39.2 Å². The summed E-state index contributed by atoms with van der Waals surface area (Å²) in [6.07, 6.45) is 3.37. The lowest BCUT2D eigenvalue weighted by molar-refractivity contribution is -0.120. The number of likely N-dealkylation sites (N-methyl/N-ethyl adjacent to an activating group) is 1. The summed E-state index contributed by atoms with van der Waals surface area (Å²) in [5.41, 5.74) is 5.71. The Morgan fingerprint density at radius 2 is 2.25 bits per heavy atom. The van der Waals surface area contributed by atoms with Crippen LogP contribution in [0.4, 0.5) is 0 Å². The van der Waals surface area contributed by atoms with Crippen molar-refractivity contribution in [2.75, 3.05) is 26.7 Å². The number of carbonyl (C=O) groups excluding carboxylic acids is 1. The number of likely N-dealkylation sites (tertiary alicyclic amines) is 1. The van der Waals surface area contributed by atoms with Crippen molar-refractivity contribution in [1.29, 1.82) is 0 Å². The molecule has 1 amide bonds. The second-order valence-corrected chi connectivity index (χ2v) is 5.58. The van der Waals surface area contributed by atoms with E-state index >= 15 is 0 Å². The van der Waals surface area contributed by atoms with E-state index in [9.17, 15) is 4.79 Å². The molecule has 0 aromatic heterocycles. The number of hydrogen-bond donors (Lipinski definition) is 2. The Balaban J connectivity index is 2.34. The van der Waals surface area contributed by atoms with Gasteiger partial charge in [0.15, 0.2) is 0 Å². The largest absolute Gasteiger partial charge is 0.368 e. The molecule has 0 aromatic rings. The van der Waals surface area contributed by atoms with Crippen molar-refractivity contribution >= 4 is 5.91 Å². The summed E-state index contributed by atoms with van der Waals surface area (Å²) in [5, 5.41) is 2.96. The first-order valence-electron chi connectivity index (χ1n) is 6.13. The first-order valence-corrected chi connectivity index (χ1v) is 6.13. The van der Waals surface area contributed by atoms with E-state index in [1.165, 1.54) is 12.8 Å². The summed E-state index contributed by atoms with van der Waals surface area (Å²) in [6.45, 7) is 7.85. The number of nitrogens with one attached hydrogen (secondary N) is 1. The third kappa shape index (κ3) is 4.10. The Morgan fingerprint density at radius 3 is 2.75 bits per heavy atom. The van der Waals surface area contributed by atoms with Crippen molar-refractivity contribution in [2.24, 2.45) is 11.1 Å². The van der Waals surface area contributed by atoms with Gasteiger partial charge in [-0.05, 0) is 38.3 Å². The monoisotopic (exact) mass is 227 g/mol. The Labute approximate surface area is 98.6 Å². The highest BCUT2D eigenvalue weighted by atomic mass is 16.1. The van der Waals surface area contributed by atoms with Gasteiger partial charge in [-0.3, -0.25) is 4.79 Å². The van der Waals surface area contributed by atoms with Crippen LogP contribution in [0.2, 0.25) is 0 Å². The highest BCUT2D eigenvalue weighted by Gasteiger charge is 2.26. The second-order valence-electron chi connectivity index (χ2n) is 5.58. The summed E-state index contributed by atoms with van der Waals surface area (Å²) in [6, 6.07) is -0.190. The van der Waals surface area contributed by atoms with Gasteiger partial charge < -0.3 is 16.0 Å². The van der Waals surface area contributed by atoms with Crippen LogP contribution >= 0.6 is 0 Å². The van der Waals surface area contributed by atoms with E-state index in [2.05, 4.69) is 24.1 Å². The molecule has 0 aromatic carbocycles. The van der Waals surface area contributed by atoms with E-state index in [0.29, 0.717) is 5.41 Å². The zero-order valence-corrected chi connectivity index (χ0v) is 10.8. The molecule has 0 radical (unpaired) electrons. The molecular formula is C12H25N3O. The Bertz CT molecular complexity index is 240. The normalized spacial score (nSPS) is 22.9. The van der Waals surface area contributed by atoms with Gasteiger partial charge in [0.25, 0.3) is 0 Å². The average Bonchev–Trinajstić information content (AvgIpc) is 2.16. The number of piperidine rings is 1. The topological polar surface area (TPSA) is 58.4 Å². The van der Waals surface area contributed by atoms with Crippen molar-refractivity contribution < 1.29 is 4.79 Å². The van der Waals surface area contributed by atoms with Gasteiger partial charge in [0, 0.05) is 13.1 Å². The SMILES string of the molecule is CNC(CCN1CCCC(C)(C)C1)C(N)=O. The van der Waals surface area contributed by atoms with Crippen LogP contribution in [0.15, 0.2) is 0 Å². The molecule has 0 aliphatic carbocycles. The van der Waals surface area contributed by atoms with Gasteiger partial charge in [-0.1, -0.05) is 13.8 Å². The van der Waals surface area contributed by atoms with Crippen LogP contribution in [-0.2, 0) is 4.79 Å². The quantitative estimate of drug-likeness (QED) is 0.722. The molecule has 1 atom stereocenters. The van der Waals surface area contributed by atoms with Crippen molar-refractivity contribution in [3.05, 3.63) is 0 Å². The fraction of sp³-hybridized carbons (Fsp3) is 0.917. The molecule has 0 spiro atoms. The summed E-state index contributed by atoms with van der Waals surface area (Å²) >= 11 is 0. The highest BCUT2D eigenvalue weighted by Crippen LogP contribution is 2.28. The third-order valence-corrected chi connectivity index (χ3v) is 3.41. The van der Waals surface area contributed by atoms with Crippen LogP contribution in [0.25, 0.3) is 0 Å². The number of hydrogen-bond acceptors (Lipinski definition) is 3. The average molecular weight is 227 g/mol. The molecule has 94 valence electrons. The van der Waals surface area contributed by atoms with Crippen LogP contribution in [0.3, 0.4) is 0 Å². The molecule has 16 heavy (non-hydrogen) atoms. The minimum absolute atomic E-state index is 0.190. The van der Waals surface area contributed by atoms with Gasteiger partial charge in [-0.15, -0.1) is 0 Å². The van der Waals surface area contributed by atoms with Gasteiger partial charge in [0.05, 0.1) is 6.04 Å². The lowest BCUT2D eigenvalue weighted by Gasteiger charge is -2.38. The molecule has 1 aliphatic heterocycles. The van der Waals surface area contributed by atoms with Crippen LogP contribution in [-0.4, -0.2) is 43.5 Å². The molecule has 0 bridgehead atoms. The van der Waals surface area contributed by atoms with Crippen LogP contribution in [0, 0.1) is 5.41 Å². The zero-order chi connectivity index (χ0) is 12.2. The predicted molar refractivity (Wildman–Crippen MR) is 66.1 cm³/mol. The van der Waals surface area contributed by atoms with Crippen molar-refractivity contribution in [1.82, 2.24) is 10.2 Å². The van der Waals surface area contributed by atoms with Gasteiger partial charge in [0.2, 0.25) is 5.91 Å². The second kappa shape index (κ2) is 5.64. The van der Waals surface area contributed by atoms with Crippen molar-refractivity contribution in [3.8, 4) is 0 Å².